The average molecular weight is 317 g/mol. The molecule has 118 valence electrons. The van der Waals surface area contributed by atoms with Crippen molar-refractivity contribution in [2.45, 2.75) is 6.92 Å². The first kappa shape index (κ1) is 14.6. The summed E-state index contributed by atoms with van der Waals surface area (Å²) < 4.78 is 15.4. The van der Waals surface area contributed by atoms with Crippen LogP contribution in [0.25, 0.3) is 0 Å². The predicted molar refractivity (Wildman–Crippen MR) is 77.7 cm³/mol. The van der Waals surface area contributed by atoms with Gasteiger partial charge in [-0.25, -0.2) is 5.43 Å². The van der Waals surface area contributed by atoms with E-state index in [1.54, 1.807) is 13.0 Å². The summed E-state index contributed by atoms with van der Waals surface area (Å²) in [5.41, 5.74) is 2.21. The first-order valence-electron chi connectivity index (χ1n) is 6.52. The lowest BCUT2D eigenvalue weighted by molar-refractivity contribution is -0.385. The number of aryl methyl sites for hydroxylation is 1. The maximum absolute atomic E-state index is 11.8. The van der Waals surface area contributed by atoms with Crippen LogP contribution in [0.3, 0.4) is 0 Å². The molecule has 3 rings (SSSR count). The largest absolute Gasteiger partial charge is 0.456 e. The molecule has 0 unspecified atom stereocenters. The zero-order chi connectivity index (χ0) is 16.4. The normalized spacial score (nSPS) is 12.6. The second-order valence-corrected chi connectivity index (χ2v) is 4.63. The van der Waals surface area contributed by atoms with Gasteiger partial charge in [0.1, 0.15) is 5.76 Å². The molecule has 2 aromatic rings. The molecule has 0 fully saturated rings. The number of fused-ring (bicyclic) bond motifs is 1. The van der Waals surface area contributed by atoms with Crippen LogP contribution in [0.4, 0.5) is 5.69 Å². The number of nitro groups is 1. The molecule has 0 saturated carbocycles. The van der Waals surface area contributed by atoms with Crippen LogP contribution in [0.5, 0.6) is 11.5 Å². The fourth-order valence-corrected chi connectivity index (χ4v) is 1.98. The van der Waals surface area contributed by atoms with Gasteiger partial charge >= 0.3 is 5.91 Å². The molecule has 9 nitrogen and oxygen atoms in total. The highest BCUT2D eigenvalue weighted by Gasteiger charge is 2.22. The van der Waals surface area contributed by atoms with Gasteiger partial charge in [0.15, 0.2) is 17.3 Å². The fourth-order valence-electron chi connectivity index (χ4n) is 1.98. The molecule has 1 aromatic heterocycles. The Bertz CT molecular complexity index is 811. The third-order valence-corrected chi connectivity index (χ3v) is 3.05. The van der Waals surface area contributed by atoms with E-state index in [0.717, 1.165) is 6.21 Å². The molecule has 23 heavy (non-hydrogen) atoms. The smallest absolute Gasteiger partial charge is 0.307 e. The summed E-state index contributed by atoms with van der Waals surface area (Å²) in [7, 11) is 0. The van der Waals surface area contributed by atoms with E-state index in [-0.39, 0.29) is 23.8 Å². The first-order chi connectivity index (χ1) is 11.0. The van der Waals surface area contributed by atoms with Crippen molar-refractivity contribution >= 4 is 17.8 Å². The van der Waals surface area contributed by atoms with Crippen molar-refractivity contribution in [3.63, 3.8) is 0 Å². The number of nitrogens with one attached hydrogen (secondary N) is 1. The molecule has 0 bridgehead atoms. The Morgan fingerprint density at radius 1 is 1.35 bits per heavy atom. The number of furan rings is 1. The van der Waals surface area contributed by atoms with Gasteiger partial charge in [0, 0.05) is 0 Å². The van der Waals surface area contributed by atoms with Crippen LogP contribution >= 0.6 is 0 Å². The fraction of sp³-hybridized carbons (Fsp3) is 0.143. The van der Waals surface area contributed by atoms with E-state index < -0.39 is 10.8 Å². The molecule has 0 atom stereocenters. The number of nitro benzene ring substituents is 1. The Hall–Kier alpha value is -3.36. The zero-order valence-corrected chi connectivity index (χ0v) is 11.9. The number of amides is 1. The van der Waals surface area contributed by atoms with E-state index in [2.05, 4.69) is 10.5 Å². The van der Waals surface area contributed by atoms with Gasteiger partial charge in [-0.1, -0.05) is 0 Å². The third kappa shape index (κ3) is 2.98. The van der Waals surface area contributed by atoms with Crippen LogP contribution in [-0.2, 0) is 0 Å². The first-order valence-corrected chi connectivity index (χ1v) is 6.52. The highest BCUT2D eigenvalue weighted by Crippen LogP contribution is 2.37. The molecule has 2 heterocycles. The van der Waals surface area contributed by atoms with Crippen molar-refractivity contribution in [3.8, 4) is 11.5 Å². The Labute approximate surface area is 129 Å². The van der Waals surface area contributed by atoms with E-state index in [1.165, 1.54) is 18.2 Å². The number of nitrogens with zero attached hydrogens (tertiary/aromatic N) is 2. The number of carbonyl (C=O) groups is 1. The number of ether oxygens (including phenoxy) is 2. The lowest BCUT2D eigenvalue weighted by Gasteiger charge is -2.00. The number of hydrogen-bond acceptors (Lipinski definition) is 7. The van der Waals surface area contributed by atoms with Crippen molar-refractivity contribution in [3.05, 3.63) is 51.5 Å². The molecule has 1 amide bonds. The van der Waals surface area contributed by atoms with Gasteiger partial charge < -0.3 is 13.9 Å². The van der Waals surface area contributed by atoms with Crippen LogP contribution in [0, 0.1) is 17.0 Å². The number of rotatable bonds is 4. The third-order valence-electron chi connectivity index (χ3n) is 3.05. The predicted octanol–water partition coefficient (Wildman–Crippen LogP) is 1.99. The molecule has 9 heteroatoms. The van der Waals surface area contributed by atoms with Crippen molar-refractivity contribution in [2.24, 2.45) is 5.10 Å². The van der Waals surface area contributed by atoms with Gasteiger partial charge in [-0.05, 0) is 25.1 Å². The highest BCUT2D eigenvalue weighted by atomic mass is 16.7. The minimum absolute atomic E-state index is 0.00165. The maximum atomic E-state index is 11.8. The number of carbonyl (C=O) groups excluding carboxylic acids is 1. The summed E-state index contributed by atoms with van der Waals surface area (Å²) in [6.07, 6.45) is 1.16. The van der Waals surface area contributed by atoms with Gasteiger partial charge in [-0.15, -0.1) is 0 Å². The Morgan fingerprint density at radius 2 is 2.09 bits per heavy atom. The summed E-state index contributed by atoms with van der Waals surface area (Å²) in [4.78, 5) is 22.3. The van der Waals surface area contributed by atoms with Crippen molar-refractivity contribution in [1.82, 2.24) is 5.43 Å². The molecule has 0 radical (unpaired) electrons. The standard InChI is InChI=1S/C14H11N3O6/c1-8-2-3-11(23-8)14(18)16-15-6-9-4-12-13(22-7-21-12)5-10(9)17(19)20/h2-6H,7H2,1H3,(H,16,18)/b15-6-. The molecule has 1 aliphatic heterocycles. The van der Waals surface area contributed by atoms with Crippen molar-refractivity contribution < 1.29 is 23.6 Å². The minimum Gasteiger partial charge on any atom is -0.456 e. The molecule has 1 aliphatic rings. The molecule has 1 N–H and O–H groups in total. The summed E-state index contributed by atoms with van der Waals surface area (Å²) in [5, 5.41) is 14.8. The number of benzene rings is 1. The summed E-state index contributed by atoms with van der Waals surface area (Å²) in [5.74, 6) is 0.803. The quantitative estimate of drug-likeness (QED) is 0.523. The molecule has 0 spiro atoms. The average Bonchev–Trinajstić information content (AvgIpc) is 3.14. The van der Waals surface area contributed by atoms with Gasteiger partial charge in [0.05, 0.1) is 22.8 Å². The Kier molecular flexibility index (Phi) is 3.67. The number of hydrazone groups is 1. The Morgan fingerprint density at radius 3 is 2.74 bits per heavy atom. The summed E-state index contributed by atoms with van der Waals surface area (Å²) in [6, 6.07) is 5.82. The van der Waals surface area contributed by atoms with E-state index in [9.17, 15) is 14.9 Å². The van der Waals surface area contributed by atoms with E-state index in [1.807, 2.05) is 0 Å². The van der Waals surface area contributed by atoms with Gasteiger partial charge in [0.25, 0.3) is 5.69 Å². The summed E-state index contributed by atoms with van der Waals surface area (Å²) in [6.45, 7) is 1.71. The number of hydrogen-bond donors (Lipinski definition) is 1. The van der Waals surface area contributed by atoms with Crippen LogP contribution in [0.1, 0.15) is 21.9 Å². The van der Waals surface area contributed by atoms with Gasteiger partial charge in [-0.3, -0.25) is 14.9 Å². The lowest BCUT2D eigenvalue weighted by Crippen LogP contribution is -2.16. The Balaban J connectivity index is 1.79. The lowest BCUT2D eigenvalue weighted by atomic mass is 10.1. The molecule has 0 aliphatic carbocycles. The minimum atomic E-state index is -0.568. The van der Waals surface area contributed by atoms with E-state index in [4.69, 9.17) is 13.9 Å². The van der Waals surface area contributed by atoms with Crippen LogP contribution < -0.4 is 14.9 Å². The van der Waals surface area contributed by atoms with Gasteiger partial charge in [-0.2, -0.15) is 5.10 Å². The molecular formula is C14H11N3O6. The molecule has 0 saturated heterocycles. The van der Waals surface area contributed by atoms with E-state index >= 15 is 0 Å². The van der Waals surface area contributed by atoms with Crippen LogP contribution in [0.15, 0.2) is 33.8 Å². The SMILES string of the molecule is Cc1ccc(C(=O)N/N=C\c2cc3c(cc2[N+](=O)[O-])OCO3)o1. The van der Waals surface area contributed by atoms with Crippen molar-refractivity contribution in [1.29, 1.82) is 0 Å². The molecular weight excluding hydrogens is 306 g/mol. The van der Waals surface area contributed by atoms with Gasteiger partial charge in [0.2, 0.25) is 6.79 Å². The van der Waals surface area contributed by atoms with Crippen LogP contribution in [-0.4, -0.2) is 23.8 Å². The monoisotopic (exact) mass is 317 g/mol. The van der Waals surface area contributed by atoms with Crippen molar-refractivity contribution in [2.75, 3.05) is 6.79 Å². The maximum Gasteiger partial charge on any atom is 0.307 e. The molecule has 1 aromatic carbocycles. The van der Waals surface area contributed by atoms with Crippen LogP contribution in [0.2, 0.25) is 0 Å². The summed E-state index contributed by atoms with van der Waals surface area (Å²) >= 11 is 0. The highest BCUT2D eigenvalue weighted by molar-refractivity contribution is 5.93. The second-order valence-electron chi connectivity index (χ2n) is 4.63. The zero-order valence-electron chi connectivity index (χ0n) is 11.9. The topological polar surface area (TPSA) is 116 Å². The van der Waals surface area contributed by atoms with E-state index in [0.29, 0.717) is 17.3 Å². The second kappa shape index (κ2) is 5.79.